The van der Waals surface area contributed by atoms with Crippen LogP contribution in [0.4, 0.5) is 0 Å². The molecule has 2 aliphatic rings. The van der Waals surface area contributed by atoms with Crippen molar-refractivity contribution in [2.24, 2.45) is 11.3 Å². The van der Waals surface area contributed by atoms with Crippen molar-refractivity contribution in [1.82, 2.24) is 0 Å². The van der Waals surface area contributed by atoms with Gasteiger partial charge in [-0.25, -0.2) is 0 Å². The summed E-state index contributed by atoms with van der Waals surface area (Å²) < 4.78 is 6.29. The molecule has 0 saturated heterocycles. The molecular weight excluding hydrogens is 679 g/mol. The minimum absolute atomic E-state index is 0. The van der Waals surface area contributed by atoms with E-state index in [4.69, 9.17) is 0 Å². The first-order chi connectivity index (χ1) is 20.2. The molecule has 3 aromatic rings. The molecule has 0 fully saturated rings. The van der Waals surface area contributed by atoms with Gasteiger partial charge in [0.15, 0.2) is 0 Å². The van der Waals surface area contributed by atoms with Gasteiger partial charge in [-0.15, -0.1) is 0 Å². The Morgan fingerprint density at radius 2 is 1.20 bits per heavy atom. The van der Waals surface area contributed by atoms with E-state index in [1.807, 2.05) is 0 Å². The number of halogens is 2. The number of hydrogen-bond donors (Lipinski definition) is 0. The first-order valence-electron chi connectivity index (χ1n) is 16.7. The molecule has 0 spiro atoms. The number of benzene rings is 3. The molecule has 0 nitrogen and oxygen atoms in total. The van der Waals surface area contributed by atoms with E-state index in [0.717, 1.165) is 6.42 Å². The van der Waals surface area contributed by atoms with Gasteiger partial charge in [0.1, 0.15) is 0 Å². The maximum absolute atomic E-state index is 2.79. The van der Waals surface area contributed by atoms with Crippen LogP contribution in [0.2, 0.25) is 0 Å². The summed E-state index contributed by atoms with van der Waals surface area (Å²) in [5, 5.41) is 0. The van der Waals surface area contributed by atoms with Gasteiger partial charge in [-0.3, -0.25) is 0 Å². The van der Waals surface area contributed by atoms with Crippen LogP contribution in [0.5, 0.6) is 0 Å². The van der Waals surface area contributed by atoms with Crippen molar-refractivity contribution in [1.29, 1.82) is 0 Å². The second kappa shape index (κ2) is 13.4. The molecule has 0 heterocycles. The molecule has 5 rings (SSSR count). The van der Waals surface area contributed by atoms with E-state index < -0.39 is 21.3 Å². The van der Waals surface area contributed by atoms with Gasteiger partial charge in [0.2, 0.25) is 0 Å². The van der Waals surface area contributed by atoms with E-state index in [0.29, 0.717) is 5.92 Å². The van der Waals surface area contributed by atoms with E-state index in [-0.39, 0.29) is 46.5 Å². The summed E-state index contributed by atoms with van der Waals surface area (Å²) in [6.07, 6.45) is 3.65. The fourth-order valence-electron chi connectivity index (χ4n) is 7.41. The smallest absolute Gasteiger partial charge is 1.00 e. The van der Waals surface area contributed by atoms with Gasteiger partial charge in [0, 0.05) is 0 Å². The monoisotopic (exact) mass is 732 g/mol. The Morgan fingerprint density at radius 1 is 0.652 bits per heavy atom. The standard InChI is InChI=1S/C21H25.C11H17.C11H14.2ClH.Zr/c1-20(2,3)16-7-9-18-14(12-16)11-15-13-17(21(4,5)6)8-10-19(15)18;1-8-6-9(2)10(7-8)11(3,4)5;1-9-5-7-10(8-6-9)11(2,3)4;;;/h7-10,12H,11H2,1-6H3;7-8H,1-5H3;1,5-8H,2-4H3;2*1H;/q;;;;;+2/p-2. The second-order valence-corrected chi connectivity index (χ2v) is 22.9. The molecule has 0 saturated carbocycles. The first-order valence-corrected chi connectivity index (χ1v) is 20.6. The van der Waals surface area contributed by atoms with Crippen molar-refractivity contribution in [2.45, 2.75) is 120 Å². The number of fused-ring (bicyclic) bond motifs is 3. The van der Waals surface area contributed by atoms with E-state index in [2.05, 4.69) is 161 Å². The minimum atomic E-state index is -2.65. The molecule has 46 heavy (non-hydrogen) atoms. The second-order valence-electron chi connectivity index (χ2n) is 17.7. The van der Waals surface area contributed by atoms with Crippen LogP contribution in [0.25, 0.3) is 11.1 Å². The van der Waals surface area contributed by atoms with Gasteiger partial charge in [-0.1, -0.05) is 0 Å². The molecule has 0 aliphatic heterocycles. The predicted molar refractivity (Wildman–Crippen MR) is 191 cm³/mol. The minimum Gasteiger partial charge on any atom is -1.00 e. The van der Waals surface area contributed by atoms with Gasteiger partial charge in [-0.05, 0) is 0 Å². The van der Waals surface area contributed by atoms with Crippen LogP contribution in [0.1, 0.15) is 130 Å². The average molecular weight is 735 g/mol. The van der Waals surface area contributed by atoms with Gasteiger partial charge in [0.05, 0.1) is 0 Å². The molecule has 1 unspecified atom stereocenters. The zero-order chi connectivity index (χ0) is 32.6. The van der Waals surface area contributed by atoms with E-state index in [9.17, 15) is 0 Å². The van der Waals surface area contributed by atoms with Crippen molar-refractivity contribution in [3.63, 3.8) is 0 Å². The van der Waals surface area contributed by atoms with Crippen molar-refractivity contribution < 1.29 is 46.1 Å². The Morgan fingerprint density at radius 3 is 1.70 bits per heavy atom. The molecular formula is C43H56Cl2Zr. The van der Waals surface area contributed by atoms with Crippen LogP contribution < -0.4 is 28.1 Å². The molecule has 0 aromatic heterocycles. The third-order valence-electron chi connectivity index (χ3n) is 9.88. The molecule has 0 bridgehead atoms. The summed E-state index contributed by atoms with van der Waals surface area (Å²) in [6.45, 7) is 33.3. The van der Waals surface area contributed by atoms with Gasteiger partial charge < -0.3 is 24.8 Å². The van der Waals surface area contributed by atoms with E-state index in [1.165, 1.54) is 33.4 Å². The maximum Gasteiger partial charge on any atom is -1.00 e. The first kappa shape index (κ1) is 38.9. The third-order valence-corrected chi connectivity index (χ3v) is 17.6. The molecule has 3 aromatic carbocycles. The predicted octanol–water partition coefficient (Wildman–Crippen LogP) is 5.15. The number of allylic oxidation sites excluding steroid dienone is 4. The summed E-state index contributed by atoms with van der Waals surface area (Å²) in [7, 11) is 0. The van der Waals surface area contributed by atoms with E-state index >= 15 is 0 Å². The topological polar surface area (TPSA) is 0 Å². The largest absolute Gasteiger partial charge is 1.00 e. The Labute approximate surface area is 301 Å². The summed E-state index contributed by atoms with van der Waals surface area (Å²) in [5.41, 5.74) is 15.5. The Hall–Kier alpha value is -1.53. The molecule has 0 radical (unpaired) electrons. The summed E-state index contributed by atoms with van der Waals surface area (Å²) in [4.78, 5) is 0. The normalized spacial score (nSPS) is 16.5. The van der Waals surface area contributed by atoms with Gasteiger partial charge in [-0.2, -0.15) is 0 Å². The van der Waals surface area contributed by atoms with Crippen LogP contribution in [-0.4, -0.2) is 3.71 Å². The summed E-state index contributed by atoms with van der Waals surface area (Å²) in [6, 6.07) is 21.8. The van der Waals surface area contributed by atoms with Crippen molar-refractivity contribution in [3.05, 3.63) is 108 Å². The van der Waals surface area contributed by atoms with Crippen LogP contribution in [0.3, 0.4) is 0 Å². The number of hydrogen-bond acceptors (Lipinski definition) is 0. The Balaban J connectivity index is 0.00000288. The van der Waals surface area contributed by atoms with Crippen LogP contribution in [0, 0.1) is 11.3 Å². The Kier molecular flexibility index (Phi) is 11.3. The molecule has 0 N–H and O–H groups in total. The quantitative estimate of drug-likeness (QED) is 0.274. The van der Waals surface area contributed by atoms with Crippen molar-refractivity contribution in [2.75, 3.05) is 0 Å². The van der Waals surface area contributed by atoms with E-state index in [1.54, 1.807) is 28.8 Å². The van der Waals surface area contributed by atoms with Crippen LogP contribution in [0.15, 0.2) is 75.1 Å². The van der Waals surface area contributed by atoms with Gasteiger partial charge in [0.25, 0.3) is 0 Å². The zero-order valence-electron chi connectivity index (χ0n) is 30.9. The Bertz CT molecular complexity index is 1700. The number of rotatable bonds is 3. The van der Waals surface area contributed by atoms with Crippen molar-refractivity contribution in [3.8, 4) is 11.1 Å². The van der Waals surface area contributed by atoms with Crippen LogP contribution in [-0.2, 0) is 43.9 Å². The van der Waals surface area contributed by atoms with Crippen LogP contribution >= 0.6 is 0 Å². The molecule has 246 valence electrons. The van der Waals surface area contributed by atoms with Gasteiger partial charge >= 0.3 is 279 Å². The van der Waals surface area contributed by atoms with Crippen molar-refractivity contribution >= 4 is 6.98 Å². The zero-order valence-corrected chi connectivity index (χ0v) is 34.9. The fraction of sp³-hybridized carbons (Fsp3) is 0.465. The molecule has 3 heteroatoms. The summed E-state index contributed by atoms with van der Waals surface area (Å²) >= 11 is -2.65. The molecule has 2 aliphatic carbocycles. The SMILES string of the molecule is CC1=[C]([Zr+2](=[CH]c2ccc(C(C)(C)C)cc2)[c]2c(C(C)(C)C)ccc3c2Cc2cc(C(C)(C)C)ccc2-3)C(C)C=C1C(C)(C)C.[Cl-].[Cl-]. The summed E-state index contributed by atoms with van der Waals surface area (Å²) in [5.74, 6) is 0.476. The fourth-order valence-corrected chi connectivity index (χ4v) is 16.0. The molecule has 0 amide bonds. The third kappa shape index (κ3) is 7.53. The molecule has 1 atom stereocenters. The average Bonchev–Trinajstić information content (AvgIpc) is 3.41. The maximum atomic E-state index is 2.79.